The molecule has 1 aromatic rings. The van der Waals surface area contributed by atoms with Crippen molar-refractivity contribution in [1.82, 2.24) is 4.98 Å². The van der Waals surface area contributed by atoms with Crippen LogP contribution in [0.4, 0.5) is 5.82 Å². The van der Waals surface area contributed by atoms with Crippen molar-refractivity contribution < 1.29 is 9.90 Å². The van der Waals surface area contributed by atoms with Gasteiger partial charge in [0, 0.05) is 19.3 Å². The summed E-state index contributed by atoms with van der Waals surface area (Å²) in [4.78, 5) is 17.0. The minimum Gasteiger partial charge on any atom is -0.478 e. The van der Waals surface area contributed by atoms with Crippen LogP contribution >= 0.6 is 0 Å². The van der Waals surface area contributed by atoms with E-state index in [0.29, 0.717) is 0 Å². The van der Waals surface area contributed by atoms with Crippen LogP contribution in [-0.2, 0) is 0 Å². The Morgan fingerprint density at radius 1 is 1.47 bits per heavy atom. The van der Waals surface area contributed by atoms with Crippen molar-refractivity contribution >= 4 is 11.8 Å². The van der Waals surface area contributed by atoms with Gasteiger partial charge in [-0.3, -0.25) is 0 Å². The van der Waals surface area contributed by atoms with Gasteiger partial charge in [-0.1, -0.05) is 0 Å². The van der Waals surface area contributed by atoms with Crippen LogP contribution in [0.1, 0.15) is 29.8 Å². The van der Waals surface area contributed by atoms with Crippen molar-refractivity contribution in [3.8, 4) is 0 Å². The quantitative estimate of drug-likeness (QED) is 0.821. The van der Waals surface area contributed by atoms with E-state index in [2.05, 4.69) is 23.7 Å². The maximum atomic E-state index is 10.7. The molecule has 1 N–H and O–H groups in total. The smallest absolute Gasteiger partial charge is 0.337 e. The Hall–Kier alpha value is -1.58. The normalized spacial score (nSPS) is 10.1. The molecule has 0 fully saturated rings. The number of carboxylic acid groups (broad SMARTS) is 1. The highest BCUT2D eigenvalue weighted by molar-refractivity contribution is 5.87. The van der Waals surface area contributed by atoms with Crippen LogP contribution in [0, 0.1) is 6.92 Å². The van der Waals surface area contributed by atoms with E-state index in [0.717, 1.165) is 24.5 Å². The molecule has 4 heteroatoms. The number of rotatable bonds is 4. The summed E-state index contributed by atoms with van der Waals surface area (Å²) in [7, 11) is 0. The Morgan fingerprint density at radius 3 is 2.47 bits per heavy atom. The summed E-state index contributed by atoms with van der Waals surface area (Å²) in [5.74, 6) is -0.0679. The molecule has 1 aromatic heterocycles. The van der Waals surface area contributed by atoms with Crippen LogP contribution in [0.3, 0.4) is 0 Å². The van der Waals surface area contributed by atoms with Crippen LogP contribution in [0.25, 0.3) is 0 Å². The zero-order chi connectivity index (χ0) is 11.4. The van der Waals surface area contributed by atoms with Gasteiger partial charge in [0.2, 0.25) is 0 Å². The third kappa shape index (κ3) is 2.46. The Labute approximate surface area is 89.6 Å². The summed E-state index contributed by atoms with van der Waals surface area (Å²) >= 11 is 0. The zero-order valence-electron chi connectivity index (χ0n) is 9.32. The fourth-order valence-corrected chi connectivity index (χ4v) is 1.54. The predicted octanol–water partition coefficient (Wildman–Crippen LogP) is 1.93. The first-order valence-electron chi connectivity index (χ1n) is 5.05. The van der Waals surface area contributed by atoms with Gasteiger partial charge in [-0.05, 0) is 32.4 Å². The lowest BCUT2D eigenvalue weighted by Crippen LogP contribution is -2.24. The third-order valence-corrected chi connectivity index (χ3v) is 2.36. The largest absolute Gasteiger partial charge is 0.478 e. The summed E-state index contributed by atoms with van der Waals surface area (Å²) in [6, 6.07) is 1.66. The SMILES string of the molecule is CCN(CC)c1ncc(C(=O)O)cc1C. The van der Waals surface area contributed by atoms with Gasteiger partial charge in [0.1, 0.15) is 5.82 Å². The van der Waals surface area contributed by atoms with E-state index >= 15 is 0 Å². The first-order valence-corrected chi connectivity index (χ1v) is 5.05. The van der Waals surface area contributed by atoms with Crippen molar-refractivity contribution in [2.45, 2.75) is 20.8 Å². The van der Waals surface area contributed by atoms with E-state index in [1.165, 1.54) is 6.20 Å². The van der Waals surface area contributed by atoms with Gasteiger partial charge in [-0.2, -0.15) is 0 Å². The molecule has 0 amide bonds. The lowest BCUT2D eigenvalue weighted by Gasteiger charge is -2.21. The van der Waals surface area contributed by atoms with Crippen LogP contribution in [0.15, 0.2) is 12.3 Å². The fourth-order valence-electron chi connectivity index (χ4n) is 1.54. The highest BCUT2D eigenvalue weighted by Gasteiger charge is 2.10. The molecular formula is C11H16N2O2. The molecule has 1 rings (SSSR count). The van der Waals surface area contributed by atoms with Crippen LogP contribution in [0.5, 0.6) is 0 Å². The fraction of sp³-hybridized carbons (Fsp3) is 0.455. The molecule has 4 nitrogen and oxygen atoms in total. The first-order chi connectivity index (χ1) is 7.10. The molecule has 0 aromatic carbocycles. The lowest BCUT2D eigenvalue weighted by molar-refractivity contribution is 0.0696. The molecule has 0 aliphatic heterocycles. The molecule has 0 saturated heterocycles. The van der Waals surface area contributed by atoms with E-state index in [1.807, 2.05) is 6.92 Å². The minimum absolute atomic E-state index is 0.239. The standard InChI is InChI=1S/C11H16N2O2/c1-4-13(5-2)10-8(3)6-9(7-12-10)11(14)15/h6-7H,4-5H2,1-3H3,(H,14,15). The van der Waals surface area contributed by atoms with E-state index in [-0.39, 0.29) is 5.56 Å². The minimum atomic E-state index is -0.934. The molecule has 82 valence electrons. The molecule has 0 aliphatic rings. The van der Waals surface area contributed by atoms with E-state index in [4.69, 9.17) is 5.11 Å². The van der Waals surface area contributed by atoms with Crippen LogP contribution in [-0.4, -0.2) is 29.1 Å². The number of aromatic nitrogens is 1. The highest BCUT2D eigenvalue weighted by Crippen LogP contribution is 2.17. The maximum Gasteiger partial charge on any atom is 0.337 e. The van der Waals surface area contributed by atoms with E-state index in [1.54, 1.807) is 6.07 Å². The van der Waals surface area contributed by atoms with Crippen molar-refractivity contribution in [2.75, 3.05) is 18.0 Å². The number of aryl methyl sites for hydroxylation is 1. The van der Waals surface area contributed by atoms with Gasteiger partial charge < -0.3 is 10.0 Å². The van der Waals surface area contributed by atoms with Gasteiger partial charge in [-0.15, -0.1) is 0 Å². The molecule has 0 atom stereocenters. The average molecular weight is 208 g/mol. The second-order valence-electron chi connectivity index (χ2n) is 3.34. The summed E-state index contributed by atoms with van der Waals surface area (Å²) in [5, 5.41) is 8.80. The van der Waals surface area contributed by atoms with Gasteiger partial charge in [-0.25, -0.2) is 9.78 Å². The number of pyridine rings is 1. The Bertz CT molecular complexity index is 360. The maximum absolute atomic E-state index is 10.7. The van der Waals surface area contributed by atoms with E-state index < -0.39 is 5.97 Å². The molecule has 0 bridgehead atoms. The Morgan fingerprint density at radius 2 is 2.07 bits per heavy atom. The molecule has 0 spiro atoms. The number of carbonyl (C=O) groups is 1. The number of hydrogen-bond acceptors (Lipinski definition) is 3. The number of aromatic carboxylic acids is 1. The summed E-state index contributed by atoms with van der Waals surface area (Å²) < 4.78 is 0. The molecular weight excluding hydrogens is 192 g/mol. The van der Waals surface area contributed by atoms with Crippen molar-refractivity contribution in [3.05, 3.63) is 23.4 Å². The summed E-state index contributed by atoms with van der Waals surface area (Å²) in [6.07, 6.45) is 1.41. The summed E-state index contributed by atoms with van der Waals surface area (Å²) in [6.45, 7) is 7.73. The number of nitrogens with zero attached hydrogens (tertiary/aromatic N) is 2. The summed E-state index contributed by atoms with van der Waals surface area (Å²) in [5.41, 5.74) is 1.14. The zero-order valence-corrected chi connectivity index (χ0v) is 9.32. The third-order valence-electron chi connectivity index (χ3n) is 2.36. The van der Waals surface area contributed by atoms with Crippen molar-refractivity contribution in [1.29, 1.82) is 0 Å². The second-order valence-corrected chi connectivity index (χ2v) is 3.34. The van der Waals surface area contributed by atoms with Crippen LogP contribution in [0.2, 0.25) is 0 Å². The van der Waals surface area contributed by atoms with Gasteiger partial charge in [0.25, 0.3) is 0 Å². The second kappa shape index (κ2) is 4.77. The van der Waals surface area contributed by atoms with Crippen LogP contribution < -0.4 is 4.90 Å². The lowest BCUT2D eigenvalue weighted by atomic mass is 10.2. The van der Waals surface area contributed by atoms with Gasteiger partial charge in [0.15, 0.2) is 0 Å². The van der Waals surface area contributed by atoms with Gasteiger partial charge in [0.05, 0.1) is 5.56 Å². The molecule has 0 saturated carbocycles. The van der Waals surface area contributed by atoms with Crippen molar-refractivity contribution in [3.63, 3.8) is 0 Å². The molecule has 1 heterocycles. The highest BCUT2D eigenvalue weighted by atomic mass is 16.4. The van der Waals surface area contributed by atoms with Crippen molar-refractivity contribution in [2.24, 2.45) is 0 Å². The monoisotopic (exact) mass is 208 g/mol. The van der Waals surface area contributed by atoms with Gasteiger partial charge >= 0.3 is 5.97 Å². The molecule has 0 aliphatic carbocycles. The number of hydrogen-bond donors (Lipinski definition) is 1. The predicted molar refractivity (Wildman–Crippen MR) is 59.5 cm³/mol. The Balaban J connectivity index is 3.07. The molecule has 0 radical (unpaired) electrons. The number of carboxylic acids is 1. The number of anilines is 1. The molecule has 15 heavy (non-hydrogen) atoms. The van der Waals surface area contributed by atoms with E-state index in [9.17, 15) is 4.79 Å². The Kier molecular flexibility index (Phi) is 3.66. The average Bonchev–Trinajstić information content (AvgIpc) is 2.21. The topological polar surface area (TPSA) is 53.4 Å². The molecule has 0 unspecified atom stereocenters. The first kappa shape index (κ1) is 11.5.